The molecule has 0 radical (unpaired) electrons. The van der Waals surface area contributed by atoms with Crippen molar-refractivity contribution in [2.75, 3.05) is 7.18 Å². The van der Waals surface area contributed by atoms with E-state index >= 15 is 0 Å². The minimum atomic E-state index is 0.500. The van der Waals surface area contributed by atoms with Gasteiger partial charge in [-0.25, -0.2) is 0 Å². The second kappa shape index (κ2) is 7.85. The highest BCUT2D eigenvalue weighted by Crippen LogP contribution is 2.09. The van der Waals surface area contributed by atoms with Crippen LogP contribution in [0, 0.1) is 6.92 Å². The maximum Gasteiger partial charge on any atom is 0.0885 e. The summed E-state index contributed by atoms with van der Waals surface area (Å²) in [6.07, 6.45) is 5.40. The van der Waals surface area contributed by atoms with E-state index < -0.39 is 0 Å². The van der Waals surface area contributed by atoms with E-state index in [9.17, 15) is 4.39 Å². The zero-order chi connectivity index (χ0) is 11.7. The highest BCUT2D eigenvalue weighted by molar-refractivity contribution is 5.77. The van der Waals surface area contributed by atoms with Crippen LogP contribution < -0.4 is 0 Å². The van der Waals surface area contributed by atoms with Gasteiger partial charge in [0.2, 0.25) is 0 Å². The highest BCUT2D eigenvalue weighted by atomic mass is 19.1. The molecule has 0 saturated carbocycles. The molecule has 2 aromatic heterocycles. The number of hydrogen-bond acceptors (Lipinski definition) is 2. The van der Waals surface area contributed by atoms with Crippen LogP contribution in [-0.4, -0.2) is 17.1 Å². The van der Waals surface area contributed by atoms with Crippen LogP contribution in [0.3, 0.4) is 0 Å². The summed E-state index contributed by atoms with van der Waals surface area (Å²) in [5.74, 6) is 0. The second-order valence-corrected chi connectivity index (χ2v) is 2.58. The average Bonchev–Trinajstić information content (AvgIpc) is 2.34. The lowest BCUT2D eigenvalue weighted by atomic mass is 10.2. The molecule has 82 valence electrons. The minimum Gasteiger partial charge on any atom is -0.262 e. The summed E-state index contributed by atoms with van der Waals surface area (Å²) in [5, 5.41) is 1.15. The van der Waals surface area contributed by atoms with Crippen LogP contribution in [0.5, 0.6) is 0 Å². The Morgan fingerprint density at radius 3 is 2.47 bits per heavy atom. The van der Waals surface area contributed by atoms with Gasteiger partial charge in [0, 0.05) is 17.8 Å². The van der Waals surface area contributed by atoms with Crippen molar-refractivity contribution >= 4 is 10.9 Å². The lowest BCUT2D eigenvalue weighted by Gasteiger charge is -1.95. The first-order chi connectivity index (χ1) is 7.36. The first-order valence-corrected chi connectivity index (χ1v) is 4.90. The molecule has 0 aliphatic carbocycles. The fourth-order valence-electron chi connectivity index (χ4n) is 1.08. The number of rotatable bonds is 0. The van der Waals surface area contributed by atoms with E-state index in [0.717, 1.165) is 10.9 Å². The summed E-state index contributed by atoms with van der Waals surface area (Å²) in [4.78, 5) is 8.20. The van der Waals surface area contributed by atoms with Crippen molar-refractivity contribution in [3.63, 3.8) is 0 Å². The Morgan fingerprint density at radius 1 is 1.13 bits per heavy atom. The van der Waals surface area contributed by atoms with Crippen LogP contribution >= 0.6 is 0 Å². The molecule has 2 aromatic rings. The van der Waals surface area contributed by atoms with Gasteiger partial charge in [-0.2, -0.15) is 0 Å². The predicted molar refractivity (Wildman–Crippen MR) is 62.7 cm³/mol. The molecule has 0 saturated heterocycles. The van der Waals surface area contributed by atoms with E-state index in [0.29, 0.717) is 7.18 Å². The normalized spacial score (nSPS) is 8.33. The molecule has 2 heterocycles. The Balaban J connectivity index is 0.000000442. The molecule has 2 nitrogen and oxygen atoms in total. The molecule has 0 aliphatic heterocycles. The molecular formula is C12H17FN2. The number of alkyl halides is 1. The SMILES string of the molecule is CC.CF.Cc1cnc2cnccc2c1. The van der Waals surface area contributed by atoms with Crippen molar-refractivity contribution < 1.29 is 4.39 Å². The van der Waals surface area contributed by atoms with E-state index in [4.69, 9.17) is 0 Å². The number of fused-ring (bicyclic) bond motifs is 1. The molecule has 2 rings (SSSR count). The zero-order valence-corrected chi connectivity index (χ0v) is 9.66. The molecular weight excluding hydrogens is 191 g/mol. The fourth-order valence-corrected chi connectivity index (χ4v) is 1.08. The smallest absolute Gasteiger partial charge is 0.0885 e. The van der Waals surface area contributed by atoms with Gasteiger partial charge in [-0.05, 0) is 24.6 Å². The number of pyridine rings is 2. The summed E-state index contributed by atoms with van der Waals surface area (Å²) in [7, 11) is 0.500. The number of aromatic nitrogens is 2. The Labute approximate surface area is 90.2 Å². The van der Waals surface area contributed by atoms with Gasteiger partial charge in [0.25, 0.3) is 0 Å². The van der Waals surface area contributed by atoms with Crippen LogP contribution in [0.4, 0.5) is 4.39 Å². The third kappa shape index (κ3) is 4.02. The minimum absolute atomic E-state index is 0.500. The first-order valence-electron chi connectivity index (χ1n) is 4.90. The second-order valence-electron chi connectivity index (χ2n) is 2.58. The van der Waals surface area contributed by atoms with Gasteiger partial charge in [-0.3, -0.25) is 14.4 Å². The molecule has 0 unspecified atom stereocenters. The molecule has 15 heavy (non-hydrogen) atoms. The van der Waals surface area contributed by atoms with Crippen LogP contribution in [0.25, 0.3) is 10.9 Å². The summed E-state index contributed by atoms with van der Waals surface area (Å²) < 4.78 is 9.50. The predicted octanol–water partition coefficient (Wildman–Crippen LogP) is 3.55. The fraction of sp³-hybridized carbons (Fsp3) is 0.333. The van der Waals surface area contributed by atoms with Crippen LogP contribution in [-0.2, 0) is 0 Å². The maximum absolute atomic E-state index is 9.50. The summed E-state index contributed by atoms with van der Waals surface area (Å²) in [6, 6.07) is 4.07. The molecule has 0 spiro atoms. The lowest BCUT2D eigenvalue weighted by Crippen LogP contribution is -1.81. The Bertz CT molecular complexity index is 388. The van der Waals surface area contributed by atoms with Crippen molar-refractivity contribution in [2.45, 2.75) is 20.8 Å². The van der Waals surface area contributed by atoms with Gasteiger partial charge in [0.15, 0.2) is 0 Å². The van der Waals surface area contributed by atoms with Gasteiger partial charge in [0.1, 0.15) is 0 Å². The lowest BCUT2D eigenvalue weighted by molar-refractivity contribution is 0.636. The van der Waals surface area contributed by atoms with Crippen molar-refractivity contribution in [3.8, 4) is 0 Å². The van der Waals surface area contributed by atoms with E-state index in [-0.39, 0.29) is 0 Å². The van der Waals surface area contributed by atoms with E-state index in [1.165, 1.54) is 5.56 Å². The molecule has 0 bridgehead atoms. The molecule has 0 aliphatic rings. The van der Waals surface area contributed by atoms with Gasteiger partial charge in [-0.15, -0.1) is 0 Å². The first kappa shape index (κ1) is 13.5. The van der Waals surface area contributed by atoms with E-state index in [1.54, 1.807) is 12.4 Å². The number of hydrogen-bond donors (Lipinski definition) is 0. The number of aryl methyl sites for hydroxylation is 1. The van der Waals surface area contributed by atoms with E-state index in [2.05, 4.69) is 16.0 Å². The van der Waals surface area contributed by atoms with Crippen molar-refractivity contribution in [1.29, 1.82) is 0 Å². The largest absolute Gasteiger partial charge is 0.262 e. The topological polar surface area (TPSA) is 25.8 Å². The third-order valence-corrected chi connectivity index (χ3v) is 1.62. The monoisotopic (exact) mass is 208 g/mol. The Morgan fingerprint density at radius 2 is 1.80 bits per heavy atom. The molecule has 0 N–H and O–H groups in total. The van der Waals surface area contributed by atoms with Crippen molar-refractivity contribution in [1.82, 2.24) is 9.97 Å². The van der Waals surface area contributed by atoms with Crippen LogP contribution in [0.2, 0.25) is 0 Å². The third-order valence-electron chi connectivity index (χ3n) is 1.62. The molecule has 0 atom stereocenters. The molecule has 0 amide bonds. The Hall–Kier alpha value is -1.51. The number of nitrogens with zero attached hydrogens (tertiary/aromatic N) is 2. The Kier molecular flexibility index (Phi) is 7.06. The van der Waals surface area contributed by atoms with Gasteiger partial charge >= 0.3 is 0 Å². The van der Waals surface area contributed by atoms with Gasteiger partial charge in [0.05, 0.1) is 18.9 Å². The summed E-state index contributed by atoms with van der Waals surface area (Å²) >= 11 is 0. The summed E-state index contributed by atoms with van der Waals surface area (Å²) in [6.45, 7) is 6.03. The van der Waals surface area contributed by atoms with Gasteiger partial charge in [-0.1, -0.05) is 13.8 Å². The van der Waals surface area contributed by atoms with Crippen LogP contribution in [0.15, 0.2) is 30.7 Å². The maximum atomic E-state index is 9.50. The van der Waals surface area contributed by atoms with E-state index in [1.807, 2.05) is 33.0 Å². The van der Waals surface area contributed by atoms with Crippen LogP contribution in [0.1, 0.15) is 19.4 Å². The quantitative estimate of drug-likeness (QED) is 0.661. The molecule has 0 fully saturated rings. The molecule has 0 aromatic carbocycles. The highest BCUT2D eigenvalue weighted by Gasteiger charge is 1.91. The molecule has 3 heteroatoms. The summed E-state index contributed by atoms with van der Waals surface area (Å²) in [5.41, 5.74) is 2.14. The number of halogens is 1. The standard InChI is InChI=1S/C9H8N2.C2H6.CH3F/c1-7-4-8-2-3-10-6-9(8)11-5-7;2*1-2/h2-6H,1H3;1-2H3;1H3. The zero-order valence-electron chi connectivity index (χ0n) is 9.66. The van der Waals surface area contributed by atoms with Gasteiger partial charge < -0.3 is 0 Å². The average molecular weight is 208 g/mol. The van der Waals surface area contributed by atoms with Crippen molar-refractivity contribution in [3.05, 3.63) is 36.3 Å². The van der Waals surface area contributed by atoms with Crippen molar-refractivity contribution in [2.24, 2.45) is 0 Å².